The lowest BCUT2D eigenvalue weighted by Gasteiger charge is -2.45. The highest BCUT2D eigenvalue weighted by atomic mass is 35.5. The second-order valence-corrected chi connectivity index (χ2v) is 21.8. The van der Waals surface area contributed by atoms with Gasteiger partial charge >= 0.3 is 0 Å². The Bertz CT molecular complexity index is 2200. The molecule has 2 unspecified atom stereocenters. The van der Waals surface area contributed by atoms with Gasteiger partial charge < -0.3 is 47.7 Å². The Labute approximate surface area is 346 Å². The summed E-state index contributed by atoms with van der Waals surface area (Å²) >= 11 is 12.1. The lowest BCUT2D eigenvalue weighted by Crippen LogP contribution is -2.54. The van der Waals surface area contributed by atoms with E-state index in [0.717, 1.165) is 0 Å². The molecule has 4 aromatic heterocycles. The molecule has 0 aliphatic carbocycles. The Balaban J connectivity index is 0.000000218. The minimum atomic E-state index is -2.76. The number of fused-ring (bicyclic) bond motifs is 3. The van der Waals surface area contributed by atoms with Gasteiger partial charge in [0.15, 0.2) is 42.9 Å². The van der Waals surface area contributed by atoms with Gasteiger partial charge in [-0.15, -0.1) is 0 Å². The van der Waals surface area contributed by atoms with Crippen molar-refractivity contribution in [1.82, 2.24) is 39.0 Å². The van der Waals surface area contributed by atoms with E-state index in [4.69, 9.17) is 60.7 Å². The molecule has 3 aliphatic rings. The summed E-state index contributed by atoms with van der Waals surface area (Å²) in [6.07, 6.45) is -0.994. The highest BCUT2D eigenvalue weighted by Gasteiger charge is 2.60. The minimum absolute atomic E-state index is 0. The molecule has 3 aliphatic heterocycles. The number of ether oxygens (including phenoxy) is 6. The number of imidazole rings is 2. The molecule has 0 aromatic carbocycles. The Morgan fingerprint density at radius 1 is 0.810 bits per heavy atom. The molecule has 0 amide bonds. The van der Waals surface area contributed by atoms with Crippen LogP contribution >= 0.6 is 37.9 Å². The van der Waals surface area contributed by atoms with E-state index in [2.05, 4.69) is 29.9 Å². The first-order valence-electron chi connectivity index (χ1n) is 17.7. The molecule has 0 bridgehead atoms. The molecule has 0 saturated carbocycles. The highest BCUT2D eigenvalue weighted by Crippen LogP contribution is 2.53. The predicted octanol–water partition coefficient (Wildman–Crippen LogP) is 5.03. The molecule has 324 valence electrons. The fourth-order valence-electron chi connectivity index (χ4n) is 7.02. The van der Waals surface area contributed by atoms with E-state index < -0.39 is 62.1 Å². The molecule has 58 heavy (non-hydrogen) atoms. The molecule has 7 heterocycles. The summed E-state index contributed by atoms with van der Waals surface area (Å²) in [5, 5.41) is 20.7. The molecule has 0 radical (unpaired) electrons. The average molecular weight is 898 g/mol. The van der Waals surface area contributed by atoms with Crippen LogP contribution < -0.4 is 9.47 Å². The molecule has 24 heteroatoms. The zero-order valence-corrected chi connectivity index (χ0v) is 36.5. The number of halogens is 2. The van der Waals surface area contributed by atoms with E-state index in [1.807, 2.05) is 20.8 Å². The molecular weight excluding hydrogens is 845 g/mol. The number of hydrogen-bond donors (Lipinski definition) is 2. The third-order valence-corrected chi connectivity index (χ3v) is 11.8. The number of aliphatic hydroxyl groups is 2. The van der Waals surface area contributed by atoms with Gasteiger partial charge in [0.2, 0.25) is 22.3 Å². The van der Waals surface area contributed by atoms with Crippen LogP contribution in [-0.2, 0) is 37.1 Å². The minimum Gasteiger partial charge on any atom is -0.479 e. The van der Waals surface area contributed by atoms with Crippen LogP contribution in [-0.4, -0.2) is 147 Å². The summed E-state index contributed by atoms with van der Waals surface area (Å²) < 4.78 is 73.3. The Hall–Kier alpha value is -2.58. The first-order chi connectivity index (χ1) is 26.5. The van der Waals surface area contributed by atoms with Gasteiger partial charge in [-0.05, 0) is 37.0 Å². The number of aliphatic hydroxyl groups excluding tert-OH is 2. The first-order valence-corrected chi connectivity index (χ1v) is 23.5. The number of rotatable bonds is 11. The van der Waals surface area contributed by atoms with Crippen molar-refractivity contribution in [2.75, 3.05) is 67.3 Å². The van der Waals surface area contributed by atoms with E-state index in [1.165, 1.54) is 33.9 Å². The number of aromatic nitrogens is 8. The number of hydrogen-bond acceptors (Lipinski definition) is 18. The SMILES string of the molecule is C.COc1nc(Cl)nc2c1ncn2[C@@H]1O[C@H](COP(C)(C)=O)C(O)[C@]1(C)CO.COc1nc(Cl)nc2c1ncn2[C@@H]1O[C@H](COP(C)(C)=O)C2OC(C)(C)OC[C@@]21C. The monoisotopic (exact) mass is 896 g/mol. The van der Waals surface area contributed by atoms with Crippen molar-refractivity contribution in [3.8, 4) is 11.8 Å². The summed E-state index contributed by atoms with van der Waals surface area (Å²) in [6.45, 7) is 13.5. The lowest BCUT2D eigenvalue weighted by molar-refractivity contribution is -0.314. The maximum Gasteiger partial charge on any atom is 0.246 e. The number of methoxy groups -OCH3 is 2. The van der Waals surface area contributed by atoms with Crippen LogP contribution in [0.2, 0.25) is 10.6 Å². The average Bonchev–Trinajstić information content (AvgIpc) is 3.87. The van der Waals surface area contributed by atoms with Crippen LogP contribution in [0.1, 0.15) is 47.6 Å². The zero-order chi connectivity index (χ0) is 41.9. The molecule has 4 aromatic rings. The van der Waals surface area contributed by atoms with E-state index >= 15 is 0 Å². The van der Waals surface area contributed by atoms with Gasteiger partial charge in [0.05, 0.1) is 70.2 Å². The molecule has 3 saturated heterocycles. The van der Waals surface area contributed by atoms with Gasteiger partial charge in [0.25, 0.3) is 0 Å². The topological polar surface area (TPSA) is 236 Å². The second kappa shape index (κ2) is 17.1. The van der Waals surface area contributed by atoms with Gasteiger partial charge in [-0.2, -0.15) is 19.9 Å². The van der Waals surface area contributed by atoms with Crippen LogP contribution in [0.3, 0.4) is 0 Å². The van der Waals surface area contributed by atoms with Crippen LogP contribution in [0.5, 0.6) is 11.8 Å². The van der Waals surface area contributed by atoms with Crippen molar-refractivity contribution >= 4 is 60.3 Å². The summed E-state index contributed by atoms with van der Waals surface area (Å²) in [7, 11) is -2.53. The van der Waals surface area contributed by atoms with E-state index in [-0.39, 0.29) is 55.7 Å². The summed E-state index contributed by atoms with van der Waals surface area (Å²) in [5.74, 6) is -0.307. The first kappa shape index (κ1) is 46.5. The van der Waals surface area contributed by atoms with Crippen molar-refractivity contribution < 1.29 is 56.8 Å². The highest BCUT2D eigenvalue weighted by molar-refractivity contribution is 7.57. The zero-order valence-electron chi connectivity index (χ0n) is 33.2. The molecule has 7 rings (SSSR count). The summed E-state index contributed by atoms with van der Waals surface area (Å²) in [6, 6.07) is 0. The lowest BCUT2D eigenvalue weighted by atomic mass is 9.81. The third kappa shape index (κ3) is 9.18. The maximum absolute atomic E-state index is 12.1. The van der Waals surface area contributed by atoms with Gasteiger partial charge in [-0.25, -0.2) is 9.97 Å². The van der Waals surface area contributed by atoms with Crippen LogP contribution in [0.4, 0.5) is 0 Å². The van der Waals surface area contributed by atoms with Gasteiger partial charge in [0, 0.05) is 26.7 Å². The van der Waals surface area contributed by atoms with Crippen molar-refractivity contribution in [2.24, 2.45) is 10.8 Å². The summed E-state index contributed by atoms with van der Waals surface area (Å²) in [4.78, 5) is 25.2. The Morgan fingerprint density at radius 2 is 1.28 bits per heavy atom. The fraction of sp³-hybridized carbons (Fsp3) is 0.706. The van der Waals surface area contributed by atoms with E-state index in [1.54, 1.807) is 35.7 Å². The van der Waals surface area contributed by atoms with Crippen molar-refractivity contribution in [2.45, 2.75) is 77.8 Å². The predicted molar refractivity (Wildman–Crippen MR) is 213 cm³/mol. The summed E-state index contributed by atoms with van der Waals surface area (Å²) in [5.41, 5.74) is -0.0335. The van der Waals surface area contributed by atoms with Gasteiger partial charge in [0.1, 0.15) is 30.8 Å². The maximum atomic E-state index is 12.1. The van der Waals surface area contributed by atoms with Crippen molar-refractivity contribution in [3.63, 3.8) is 0 Å². The van der Waals surface area contributed by atoms with E-state index in [9.17, 15) is 19.3 Å². The molecule has 8 atom stereocenters. The molecule has 20 nitrogen and oxygen atoms in total. The standard InChI is InChI=1S/C18H26ClN4O6P.C15H22ClN4O6P.CH4/c1-17(2)26-8-18(3)12(29-17)10(7-27-30(5,6)24)28-15(18)23-9-20-11-13(23)21-16(19)22-14(11)25-4;1-15(6-21)10(22)8(5-25-27(3,4)23)26-13(15)20-7-17-9-11(20)18-14(16)19-12(9)24-2;/h9-10,12,15H,7-8H2,1-6H3;7-8,10,13,21-22H,5-6H2,1-4H3;1H4/t10-,12?,15-,18+;8-,10?,13-,15+;/m11./s1. The smallest absolute Gasteiger partial charge is 0.246 e. The van der Waals surface area contributed by atoms with Gasteiger partial charge in [-0.3, -0.25) is 18.3 Å². The second-order valence-electron chi connectivity index (χ2n) is 15.6. The molecule has 0 spiro atoms. The van der Waals surface area contributed by atoms with Crippen molar-refractivity contribution in [1.29, 1.82) is 0 Å². The molecule has 2 N–H and O–H groups in total. The van der Waals surface area contributed by atoms with Crippen LogP contribution in [0.15, 0.2) is 12.7 Å². The van der Waals surface area contributed by atoms with Crippen LogP contribution in [0.25, 0.3) is 22.3 Å². The number of nitrogens with zero attached hydrogens (tertiary/aromatic N) is 8. The Morgan fingerprint density at radius 3 is 1.74 bits per heavy atom. The third-order valence-electron chi connectivity index (χ3n) is 9.95. The normalized spacial score (nSPS) is 29.5. The quantitative estimate of drug-likeness (QED) is 0.148. The molecular formula is C34H52Cl2N8O12P2. The fourth-order valence-corrected chi connectivity index (χ4v) is 8.34. The molecule has 3 fully saturated rings. The van der Waals surface area contributed by atoms with Crippen molar-refractivity contribution in [3.05, 3.63) is 23.2 Å². The van der Waals surface area contributed by atoms with Gasteiger partial charge in [-0.1, -0.05) is 21.3 Å². The largest absolute Gasteiger partial charge is 0.479 e. The van der Waals surface area contributed by atoms with Crippen LogP contribution in [0, 0.1) is 10.8 Å². The Kier molecular flexibility index (Phi) is 13.7. The van der Waals surface area contributed by atoms with E-state index in [0.29, 0.717) is 28.9 Å².